The zero-order valence-electron chi connectivity index (χ0n) is 15.6. The molecule has 4 saturated carbocycles. The molecule has 1 heterocycles. The van der Waals surface area contributed by atoms with Crippen LogP contribution in [0.5, 0.6) is 5.75 Å². The summed E-state index contributed by atoms with van der Waals surface area (Å²) < 4.78 is 6.90. The summed E-state index contributed by atoms with van der Waals surface area (Å²) in [4.78, 5) is 17.4. The topological polar surface area (TPSA) is 51.2 Å². The van der Waals surface area contributed by atoms with Gasteiger partial charge < -0.3 is 10.1 Å². The molecule has 4 aliphatic rings. The molecule has 2 aromatic rings. The van der Waals surface area contributed by atoms with Gasteiger partial charge in [-0.3, -0.25) is 4.79 Å². The van der Waals surface area contributed by atoms with Crippen LogP contribution in [0.3, 0.4) is 0 Å². The van der Waals surface area contributed by atoms with Crippen molar-refractivity contribution in [2.45, 2.75) is 56.2 Å². The Balaban J connectivity index is 1.30. The van der Waals surface area contributed by atoms with E-state index >= 15 is 0 Å². The van der Waals surface area contributed by atoms with Crippen LogP contribution < -0.4 is 10.1 Å². The van der Waals surface area contributed by atoms with Gasteiger partial charge in [-0.25, -0.2) is 4.98 Å². The van der Waals surface area contributed by atoms with Crippen LogP contribution in [0.2, 0.25) is 0 Å². The van der Waals surface area contributed by atoms with Gasteiger partial charge in [0.25, 0.3) is 0 Å². The zero-order chi connectivity index (χ0) is 18.6. The smallest absolute Gasteiger partial charge is 0.226 e. The molecule has 27 heavy (non-hydrogen) atoms. The minimum atomic E-state index is 0.122. The monoisotopic (exact) mass is 448 g/mol. The number of amides is 1. The summed E-state index contributed by atoms with van der Waals surface area (Å²) in [6.45, 7) is 2.62. The molecule has 4 nitrogen and oxygen atoms in total. The maximum Gasteiger partial charge on any atom is 0.226 e. The van der Waals surface area contributed by atoms with Gasteiger partial charge in [-0.2, -0.15) is 0 Å². The number of alkyl halides is 1. The van der Waals surface area contributed by atoms with Gasteiger partial charge in [-0.1, -0.05) is 27.3 Å². The van der Waals surface area contributed by atoms with Gasteiger partial charge in [-0.05, 0) is 80.9 Å². The maximum absolute atomic E-state index is 12.9. The van der Waals surface area contributed by atoms with Gasteiger partial charge in [0.15, 0.2) is 5.13 Å². The van der Waals surface area contributed by atoms with Crippen molar-refractivity contribution in [1.82, 2.24) is 4.98 Å². The molecular weight excluding hydrogens is 424 g/mol. The van der Waals surface area contributed by atoms with Crippen LogP contribution >= 0.6 is 27.3 Å². The number of thiazole rings is 1. The molecule has 6 rings (SSSR count). The molecule has 1 amide bonds. The molecule has 0 aliphatic heterocycles. The molecule has 4 aliphatic carbocycles. The van der Waals surface area contributed by atoms with Crippen molar-refractivity contribution < 1.29 is 9.53 Å². The first-order valence-electron chi connectivity index (χ1n) is 9.96. The van der Waals surface area contributed by atoms with E-state index < -0.39 is 0 Å². The lowest BCUT2D eigenvalue weighted by atomic mass is 9.48. The quantitative estimate of drug-likeness (QED) is 0.591. The molecule has 2 unspecified atom stereocenters. The lowest BCUT2D eigenvalue weighted by Crippen LogP contribution is -2.53. The zero-order valence-corrected chi connectivity index (χ0v) is 18.0. The van der Waals surface area contributed by atoms with Crippen LogP contribution in [0.15, 0.2) is 18.2 Å². The number of benzene rings is 1. The Labute approximate surface area is 172 Å². The summed E-state index contributed by atoms with van der Waals surface area (Å²) in [5.74, 6) is 2.58. The minimum Gasteiger partial charge on any atom is -0.494 e. The van der Waals surface area contributed by atoms with Crippen LogP contribution in [0.25, 0.3) is 10.2 Å². The Kier molecular flexibility index (Phi) is 4.28. The molecule has 0 spiro atoms. The minimum absolute atomic E-state index is 0.122. The molecule has 4 fully saturated rings. The second-order valence-corrected chi connectivity index (χ2v) is 11.6. The highest BCUT2D eigenvalue weighted by Gasteiger charge is 2.57. The highest BCUT2D eigenvalue weighted by Crippen LogP contribution is 2.65. The summed E-state index contributed by atoms with van der Waals surface area (Å²) in [5.41, 5.74) is 1.10. The lowest BCUT2D eigenvalue weighted by Gasteiger charge is -2.60. The molecule has 1 N–H and O–H groups in total. The third-order valence-corrected chi connectivity index (χ3v) is 8.43. The van der Waals surface area contributed by atoms with E-state index in [0.717, 1.165) is 34.2 Å². The Bertz CT molecular complexity index is 881. The first-order valence-corrected chi connectivity index (χ1v) is 11.6. The number of ether oxygens (including phenoxy) is 1. The fourth-order valence-corrected chi connectivity index (χ4v) is 8.68. The Hall–Kier alpha value is -1.14. The highest BCUT2D eigenvalue weighted by molar-refractivity contribution is 9.10. The molecule has 0 radical (unpaired) electrons. The summed E-state index contributed by atoms with van der Waals surface area (Å²) in [7, 11) is 0. The molecule has 1 aromatic heterocycles. The fraction of sp³-hybridized carbons (Fsp3) is 0.619. The Morgan fingerprint density at radius 3 is 2.81 bits per heavy atom. The number of carbonyl (C=O) groups excluding carboxylic acids is 1. The predicted molar refractivity (Wildman–Crippen MR) is 113 cm³/mol. The van der Waals surface area contributed by atoms with Gasteiger partial charge >= 0.3 is 0 Å². The normalized spacial score (nSPS) is 34.1. The van der Waals surface area contributed by atoms with Crippen molar-refractivity contribution in [2.24, 2.45) is 17.3 Å². The number of halogens is 1. The van der Waals surface area contributed by atoms with Crippen LogP contribution in [0.1, 0.15) is 51.9 Å². The molecule has 6 heteroatoms. The van der Waals surface area contributed by atoms with Crippen molar-refractivity contribution in [3.63, 3.8) is 0 Å². The van der Waals surface area contributed by atoms with E-state index in [1.807, 2.05) is 25.1 Å². The van der Waals surface area contributed by atoms with Crippen LogP contribution in [0, 0.1) is 17.3 Å². The number of nitrogens with zero attached hydrogens (tertiary/aromatic N) is 1. The van der Waals surface area contributed by atoms with E-state index in [1.165, 1.54) is 43.4 Å². The van der Waals surface area contributed by atoms with Crippen molar-refractivity contribution in [1.29, 1.82) is 0 Å². The second-order valence-electron chi connectivity index (χ2n) is 8.92. The lowest BCUT2D eigenvalue weighted by molar-refractivity contribution is -0.123. The van der Waals surface area contributed by atoms with E-state index in [9.17, 15) is 4.79 Å². The summed E-state index contributed by atoms with van der Waals surface area (Å²) in [5, 5.41) is 3.78. The van der Waals surface area contributed by atoms with Crippen molar-refractivity contribution in [3.8, 4) is 5.75 Å². The van der Waals surface area contributed by atoms with Gasteiger partial charge in [-0.15, -0.1) is 0 Å². The van der Waals surface area contributed by atoms with E-state index in [4.69, 9.17) is 4.74 Å². The van der Waals surface area contributed by atoms with Gasteiger partial charge in [0.2, 0.25) is 5.91 Å². The summed E-state index contributed by atoms with van der Waals surface area (Å²) in [6.07, 6.45) is 8.20. The standard InChI is InChI=1S/C21H25BrN2O2S/c1-2-26-15-3-4-16-17(6-15)27-19(23-16)24-18(25)11-20-7-13-5-14(8-20)10-21(22,9-13)12-20/h3-4,6,13-14H,2,5,7-12H2,1H3,(H,23,24,25)/t13-,14+,20?,21?. The second kappa shape index (κ2) is 6.45. The van der Waals surface area contributed by atoms with Crippen LogP contribution in [-0.2, 0) is 4.79 Å². The molecular formula is C21H25BrN2O2S. The number of rotatable bonds is 5. The molecule has 4 bridgehead atoms. The SMILES string of the molecule is CCOc1ccc2nc(NC(=O)CC34C[C@@H]5C[C@@H](CC(Br)(C5)C3)C4)sc2c1. The average Bonchev–Trinajstić information content (AvgIpc) is 2.93. The number of hydrogen-bond donors (Lipinski definition) is 1. The number of fused-ring (bicyclic) bond motifs is 1. The maximum atomic E-state index is 12.9. The van der Waals surface area contributed by atoms with Gasteiger partial charge in [0, 0.05) is 10.7 Å². The summed E-state index contributed by atoms with van der Waals surface area (Å²) in [6, 6.07) is 5.89. The number of anilines is 1. The summed E-state index contributed by atoms with van der Waals surface area (Å²) >= 11 is 5.56. The first-order chi connectivity index (χ1) is 12.9. The molecule has 1 aromatic carbocycles. The molecule has 4 atom stereocenters. The first kappa shape index (κ1) is 17.9. The fourth-order valence-electron chi connectivity index (χ4n) is 6.26. The van der Waals surface area contributed by atoms with Crippen molar-refractivity contribution >= 4 is 48.5 Å². The Morgan fingerprint density at radius 1 is 1.33 bits per heavy atom. The highest BCUT2D eigenvalue weighted by atomic mass is 79.9. The number of hydrogen-bond acceptors (Lipinski definition) is 4. The van der Waals surface area contributed by atoms with E-state index in [0.29, 0.717) is 22.5 Å². The van der Waals surface area contributed by atoms with E-state index in [1.54, 1.807) is 0 Å². The number of nitrogens with one attached hydrogen (secondary N) is 1. The molecule has 144 valence electrons. The van der Waals surface area contributed by atoms with E-state index in [-0.39, 0.29) is 11.3 Å². The molecule has 0 saturated heterocycles. The van der Waals surface area contributed by atoms with Gasteiger partial charge in [0.05, 0.1) is 16.8 Å². The average molecular weight is 449 g/mol. The van der Waals surface area contributed by atoms with Crippen molar-refractivity contribution in [3.05, 3.63) is 18.2 Å². The predicted octanol–water partition coefficient (Wildman–Crippen LogP) is 5.76. The van der Waals surface area contributed by atoms with E-state index in [2.05, 4.69) is 26.2 Å². The number of carbonyl (C=O) groups is 1. The largest absolute Gasteiger partial charge is 0.494 e. The third-order valence-electron chi connectivity index (χ3n) is 6.56. The van der Waals surface area contributed by atoms with Gasteiger partial charge in [0.1, 0.15) is 5.75 Å². The van der Waals surface area contributed by atoms with Crippen molar-refractivity contribution in [2.75, 3.05) is 11.9 Å². The van der Waals surface area contributed by atoms with Crippen LogP contribution in [-0.4, -0.2) is 21.8 Å². The van der Waals surface area contributed by atoms with Crippen LogP contribution in [0.4, 0.5) is 5.13 Å². The number of aromatic nitrogens is 1. The Morgan fingerprint density at radius 2 is 2.11 bits per heavy atom. The third kappa shape index (κ3) is 3.39.